The molecule has 1 fully saturated rings. The van der Waals surface area contributed by atoms with Crippen molar-refractivity contribution in [1.29, 1.82) is 0 Å². The topological polar surface area (TPSA) is 136 Å². The number of H-pyrrole nitrogens is 1. The maximum Gasteiger partial charge on any atom is 0.407 e. The average Bonchev–Trinajstić information content (AvgIpc) is 3.59. The third kappa shape index (κ3) is 6.10. The second-order valence-electron chi connectivity index (χ2n) is 11.8. The molecule has 2 aliphatic carbocycles. The first-order valence-corrected chi connectivity index (χ1v) is 16.2. The molecule has 0 spiro atoms. The molecule has 3 aromatic carbocycles. The molecule has 238 valence electrons. The number of amides is 1. The van der Waals surface area contributed by atoms with Crippen LogP contribution in [0.4, 0.5) is 4.79 Å². The van der Waals surface area contributed by atoms with E-state index in [-0.39, 0.29) is 36.7 Å². The highest BCUT2D eigenvalue weighted by atomic mass is 79.9. The lowest BCUT2D eigenvalue weighted by molar-refractivity contribution is -0.143. The van der Waals surface area contributed by atoms with Gasteiger partial charge in [-0.05, 0) is 66.1 Å². The predicted molar refractivity (Wildman–Crippen MR) is 176 cm³/mol. The number of esters is 1. The van der Waals surface area contributed by atoms with Crippen molar-refractivity contribution in [2.24, 2.45) is 0 Å². The fourth-order valence-corrected chi connectivity index (χ4v) is 6.37. The minimum atomic E-state index is -0.731. The van der Waals surface area contributed by atoms with E-state index in [1.54, 1.807) is 19.1 Å². The molecule has 0 atom stereocenters. The molecular weight excluding hydrogens is 664 g/mol. The van der Waals surface area contributed by atoms with Crippen molar-refractivity contribution in [3.63, 3.8) is 0 Å². The minimum Gasteiger partial charge on any atom is -0.458 e. The normalized spacial score (nSPS) is 13.6. The Balaban J connectivity index is 1.02. The number of alkyl carbamates (subject to hydrolysis) is 1. The second kappa shape index (κ2) is 12.6. The van der Waals surface area contributed by atoms with Gasteiger partial charge in [0, 0.05) is 21.9 Å². The Morgan fingerprint density at radius 2 is 1.66 bits per heavy atom. The third-order valence-corrected chi connectivity index (χ3v) is 9.52. The van der Waals surface area contributed by atoms with Gasteiger partial charge in [0.2, 0.25) is 5.89 Å². The Kier molecular flexibility index (Phi) is 8.23. The number of ether oxygens (including phenoxy) is 2. The van der Waals surface area contributed by atoms with Gasteiger partial charge in [0.1, 0.15) is 25.5 Å². The summed E-state index contributed by atoms with van der Waals surface area (Å²) in [7, 11) is 0. The summed E-state index contributed by atoms with van der Waals surface area (Å²) in [4.78, 5) is 42.3. The van der Waals surface area contributed by atoms with Gasteiger partial charge >= 0.3 is 12.1 Å². The van der Waals surface area contributed by atoms with Crippen LogP contribution in [0, 0.1) is 13.8 Å². The number of ketones is 1. The number of halogens is 1. The zero-order valence-corrected chi connectivity index (χ0v) is 27.3. The number of nitrogens with zero attached hydrogens (tertiary/aromatic N) is 2. The van der Waals surface area contributed by atoms with E-state index in [1.165, 1.54) is 0 Å². The molecule has 2 N–H and O–H groups in total. The van der Waals surface area contributed by atoms with Crippen LogP contribution in [0.25, 0.3) is 22.7 Å². The van der Waals surface area contributed by atoms with Gasteiger partial charge < -0.3 is 24.2 Å². The van der Waals surface area contributed by atoms with E-state index in [0.717, 1.165) is 45.1 Å². The Labute approximate surface area is 279 Å². The number of benzene rings is 3. The van der Waals surface area contributed by atoms with Gasteiger partial charge in [-0.1, -0.05) is 76.6 Å². The molecule has 0 saturated heterocycles. The first-order valence-electron chi connectivity index (χ1n) is 15.4. The summed E-state index contributed by atoms with van der Waals surface area (Å²) in [6.07, 6.45) is 1.27. The van der Waals surface area contributed by atoms with Crippen LogP contribution >= 0.6 is 15.9 Å². The molecule has 11 heteroatoms. The fraction of sp³-hybridized carbons (Fsp3) is 0.250. The van der Waals surface area contributed by atoms with Crippen molar-refractivity contribution < 1.29 is 28.3 Å². The molecule has 0 unspecified atom stereocenters. The first-order chi connectivity index (χ1) is 22.8. The fourth-order valence-electron chi connectivity index (χ4n) is 5.99. The highest BCUT2D eigenvalue weighted by Crippen LogP contribution is 2.44. The van der Waals surface area contributed by atoms with Gasteiger partial charge in [-0.2, -0.15) is 0 Å². The molecule has 0 radical (unpaired) electrons. The van der Waals surface area contributed by atoms with E-state index in [2.05, 4.69) is 48.6 Å². The Hall–Kier alpha value is -5.03. The Morgan fingerprint density at radius 3 is 2.34 bits per heavy atom. The predicted octanol–water partition coefficient (Wildman–Crippen LogP) is 7.13. The summed E-state index contributed by atoms with van der Waals surface area (Å²) in [5, 5.41) is 10.8. The number of carbonyl (C=O) groups excluding carboxylic acids is 3. The third-order valence-electron chi connectivity index (χ3n) is 8.67. The van der Waals surface area contributed by atoms with Crippen molar-refractivity contribution in [2.45, 2.75) is 45.1 Å². The van der Waals surface area contributed by atoms with Crippen molar-refractivity contribution in [3.8, 4) is 22.7 Å². The number of hydrogen-bond donors (Lipinski definition) is 2. The van der Waals surface area contributed by atoms with Gasteiger partial charge in [0.05, 0.1) is 11.3 Å². The molecule has 7 rings (SSSR count). The maximum atomic E-state index is 13.8. The molecule has 2 aromatic heterocycles. The van der Waals surface area contributed by atoms with Crippen molar-refractivity contribution >= 4 is 33.8 Å². The Morgan fingerprint density at radius 1 is 0.957 bits per heavy atom. The number of carbonyl (C=O) groups is 3. The molecule has 1 amide bonds. The summed E-state index contributed by atoms with van der Waals surface area (Å²) in [5.41, 5.74) is 7.69. The summed E-state index contributed by atoms with van der Waals surface area (Å²) < 4.78 is 17.7. The minimum absolute atomic E-state index is 0.102. The van der Waals surface area contributed by atoms with Crippen molar-refractivity contribution in [2.75, 3.05) is 13.2 Å². The van der Waals surface area contributed by atoms with E-state index in [9.17, 15) is 14.4 Å². The number of fused-ring (bicyclic) bond motifs is 3. The smallest absolute Gasteiger partial charge is 0.407 e. The summed E-state index contributed by atoms with van der Waals surface area (Å²) in [6, 6.07) is 21.5. The molecule has 10 nitrogen and oxygen atoms in total. The van der Waals surface area contributed by atoms with Crippen LogP contribution in [-0.2, 0) is 20.9 Å². The number of hydrogen-bond acceptors (Lipinski definition) is 8. The van der Waals surface area contributed by atoms with Crippen molar-refractivity contribution in [1.82, 2.24) is 20.5 Å². The average molecular weight is 696 g/mol. The maximum absolute atomic E-state index is 13.8. The molecule has 47 heavy (non-hydrogen) atoms. The van der Waals surface area contributed by atoms with Crippen LogP contribution in [0.3, 0.4) is 0 Å². The van der Waals surface area contributed by atoms with E-state index < -0.39 is 18.6 Å². The highest BCUT2D eigenvalue weighted by molar-refractivity contribution is 9.10. The van der Waals surface area contributed by atoms with E-state index in [0.29, 0.717) is 34.0 Å². The van der Waals surface area contributed by atoms with Gasteiger partial charge in [0.15, 0.2) is 5.78 Å². The zero-order valence-electron chi connectivity index (χ0n) is 25.8. The number of aromatic amines is 1. The van der Waals surface area contributed by atoms with Gasteiger partial charge in [0.25, 0.3) is 5.89 Å². The van der Waals surface area contributed by atoms with E-state index in [1.807, 2.05) is 49.4 Å². The van der Waals surface area contributed by atoms with Crippen LogP contribution in [0.15, 0.2) is 75.6 Å². The monoisotopic (exact) mass is 694 g/mol. The quantitative estimate of drug-likeness (QED) is 0.116. The Bertz CT molecular complexity index is 1980. The zero-order chi connectivity index (χ0) is 32.7. The SMILES string of the molecule is Cc1ccc(C(=O)c2c(COC(=O)CNC(=O)OCC3c4ccccc4-c4ccccc43)[nH]c(-c3nnc(C4CC4)o3)c2C)cc1Br. The summed E-state index contributed by atoms with van der Waals surface area (Å²) in [5.74, 6) is 0.0411. The molecular formula is C36H31BrN4O6. The van der Waals surface area contributed by atoms with Crippen LogP contribution in [0.1, 0.15) is 74.4 Å². The molecule has 5 aromatic rings. The molecule has 0 bridgehead atoms. The van der Waals surface area contributed by atoms with Crippen molar-refractivity contribution in [3.05, 3.63) is 116 Å². The second-order valence-corrected chi connectivity index (χ2v) is 12.7. The van der Waals surface area contributed by atoms with Crippen LogP contribution in [0.5, 0.6) is 0 Å². The number of rotatable bonds is 10. The summed E-state index contributed by atoms with van der Waals surface area (Å²) >= 11 is 3.50. The van der Waals surface area contributed by atoms with Gasteiger partial charge in [-0.3, -0.25) is 9.59 Å². The lowest BCUT2D eigenvalue weighted by Gasteiger charge is -2.14. The molecule has 2 aliphatic rings. The molecule has 0 aliphatic heterocycles. The van der Waals surface area contributed by atoms with Gasteiger partial charge in [-0.15, -0.1) is 10.2 Å². The van der Waals surface area contributed by atoms with Gasteiger partial charge in [-0.25, -0.2) is 4.79 Å². The lowest BCUT2D eigenvalue weighted by Crippen LogP contribution is -2.32. The highest BCUT2D eigenvalue weighted by Gasteiger charge is 2.32. The molecule has 2 heterocycles. The first kappa shape index (κ1) is 30.6. The number of aryl methyl sites for hydroxylation is 1. The van der Waals surface area contributed by atoms with Crippen LogP contribution in [-0.4, -0.2) is 46.2 Å². The van der Waals surface area contributed by atoms with Crippen LogP contribution in [0.2, 0.25) is 0 Å². The lowest BCUT2D eigenvalue weighted by atomic mass is 9.98. The number of aromatic nitrogens is 3. The summed E-state index contributed by atoms with van der Waals surface area (Å²) in [6.45, 7) is 3.19. The van der Waals surface area contributed by atoms with Crippen LogP contribution < -0.4 is 5.32 Å². The number of nitrogens with one attached hydrogen (secondary N) is 2. The van der Waals surface area contributed by atoms with E-state index in [4.69, 9.17) is 13.9 Å². The largest absolute Gasteiger partial charge is 0.458 e. The standard InChI is InChI=1S/C36H31BrN4O6/c1-19-11-12-22(15-28(19)37)33(43)31-20(2)32(35-41-40-34(47-35)21-13-14-21)39-29(31)18-45-30(42)16-38-36(44)46-17-27-25-9-5-3-7-23(25)24-8-4-6-10-26(24)27/h3-12,15,21,27,39H,13-14,16-18H2,1-2H3,(H,38,44). The van der Waals surface area contributed by atoms with E-state index >= 15 is 0 Å². The molecule has 1 saturated carbocycles.